The Morgan fingerprint density at radius 2 is 1.43 bits per heavy atom. The first kappa shape index (κ1) is 34.8. The number of rotatable bonds is 10. The summed E-state index contributed by atoms with van der Waals surface area (Å²) in [5, 5.41) is 3.33. The highest BCUT2D eigenvalue weighted by Gasteiger charge is 2.45. The Morgan fingerprint density at radius 1 is 0.809 bits per heavy atom. The lowest BCUT2D eigenvalue weighted by atomic mass is 9.95. The smallest absolute Gasteiger partial charge is 0.365 e. The van der Waals surface area contributed by atoms with Crippen LogP contribution >= 0.6 is 33.5 Å². The predicted octanol–water partition coefficient (Wildman–Crippen LogP) is 10.8. The third-order valence-electron chi connectivity index (χ3n) is 7.44. The minimum atomic E-state index is -4.89. The quantitative estimate of drug-likeness (QED) is 0.0889. The maximum Gasteiger partial charge on any atom is 0.416 e. The average molecular weight is 710 g/mol. The Labute approximate surface area is 281 Å². The van der Waals surface area contributed by atoms with Crippen molar-refractivity contribution in [2.24, 2.45) is 0 Å². The topological polar surface area (TPSA) is 59.9 Å². The molecule has 0 saturated heterocycles. The molecule has 0 saturated carbocycles. The normalized spacial score (nSPS) is 13.1. The van der Waals surface area contributed by atoms with Crippen LogP contribution in [0.2, 0.25) is 10.4 Å². The summed E-state index contributed by atoms with van der Waals surface area (Å²) in [7, 11) is -2.58. The van der Waals surface area contributed by atoms with E-state index in [1.165, 1.54) is 24.4 Å². The van der Waals surface area contributed by atoms with Gasteiger partial charge >= 0.3 is 6.18 Å². The van der Waals surface area contributed by atoms with Crippen molar-refractivity contribution < 1.29 is 26.1 Å². The van der Waals surface area contributed by atoms with Crippen LogP contribution < -0.4 is 5.32 Å². The van der Waals surface area contributed by atoms with Gasteiger partial charge in [-0.1, -0.05) is 70.4 Å². The van der Waals surface area contributed by atoms with Gasteiger partial charge in [-0.15, -0.1) is 0 Å². The minimum Gasteiger partial charge on any atom is -0.365 e. The Morgan fingerprint density at radius 3 is 2.00 bits per heavy atom. The van der Waals surface area contributed by atoms with Crippen LogP contribution in [-0.4, -0.2) is 32.2 Å². The molecule has 0 fully saturated rings. The lowest BCUT2D eigenvalue weighted by molar-refractivity contribution is -0.139. The second kappa shape index (κ2) is 13.5. The van der Waals surface area contributed by atoms with Crippen LogP contribution in [0.3, 0.4) is 0 Å². The van der Waals surface area contributed by atoms with Crippen molar-refractivity contribution in [3.05, 3.63) is 118 Å². The first-order chi connectivity index (χ1) is 22.1. The summed E-state index contributed by atoms with van der Waals surface area (Å²) in [4.78, 5) is 13.6. The van der Waals surface area contributed by atoms with Crippen molar-refractivity contribution in [1.29, 1.82) is 0 Å². The molecule has 2 aromatic heterocycles. The number of nitrogens with one attached hydrogen (secondary N) is 1. The van der Waals surface area contributed by atoms with Crippen molar-refractivity contribution in [2.45, 2.75) is 60.4 Å². The van der Waals surface area contributed by atoms with Crippen LogP contribution in [-0.2, 0) is 23.3 Å². The van der Waals surface area contributed by atoms with Gasteiger partial charge in [-0.3, -0.25) is 0 Å². The molecule has 248 valence electrons. The number of alkyl halides is 5. The molecule has 0 aliphatic rings. The fourth-order valence-electron chi connectivity index (χ4n) is 5.43. The summed E-state index contributed by atoms with van der Waals surface area (Å²) in [5.41, 5.74) is -1.37. The number of hydrogen-bond donors (Lipinski definition) is 1. The molecular formula is C34H31Cl2F5N4OS. The van der Waals surface area contributed by atoms with Crippen molar-refractivity contribution >= 4 is 50.2 Å². The van der Waals surface area contributed by atoms with Crippen LogP contribution in [0.25, 0.3) is 10.9 Å². The molecule has 0 amide bonds. The van der Waals surface area contributed by atoms with E-state index >= 15 is 8.78 Å². The number of anilines is 1. The third kappa shape index (κ3) is 7.64. The molecular weight excluding hydrogens is 678 g/mol. The summed E-state index contributed by atoms with van der Waals surface area (Å²) in [6.07, 6.45) is -4.73. The first-order valence-corrected chi connectivity index (χ1v) is 16.8. The van der Waals surface area contributed by atoms with Gasteiger partial charge in [0.15, 0.2) is 0 Å². The highest BCUT2D eigenvalue weighted by Crippen LogP contribution is 2.71. The van der Waals surface area contributed by atoms with Crippen LogP contribution in [0.15, 0.2) is 101 Å². The molecule has 1 N–H and O–H groups in total. The van der Waals surface area contributed by atoms with Gasteiger partial charge in [0.25, 0.3) is 5.92 Å². The molecule has 0 spiro atoms. The number of halogens is 7. The van der Waals surface area contributed by atoms with Gasteiger partial charge in [-0.25, -0.2) is 23.7 Å². The zero-order valence-corrected chi connectivity index (χ0v) is 27.9. The highest BCUT2D eigenvalue weighted by molar-refractivity contribution is 8.31. The molecule has 3 aromatic carbocycles. The second-order valence-electron chi connectivity index (χ2n) is 11.7. The summed E-state index contributed by atoms with van der Waals surface area (Å²) in [6.45, 7) is 4.35. The SMILES string of the molecule is CC(C)(C)S(OCC(F)(F)Cc1c(CNc2nc(Cl)nc3cnc(Cl)cc23)cccc1C(F)(F)F)(c1ccccc1)c1ccccc1. The number of nitrogens with zero attached hydrogens (tertiary/aromatic N) is 3. The van der Waals surface area contributed by atoms with Crippen molar-refractivity contribution in [1.82, 2.24) is 15.0 Å². The monoisotopic (exact) mass is 708 g/mol. The summed E-state index contributed by atoms with van der Waals surface area (Å²) in [5.74, 6) is -3.53. The molecule has 0 aliphatic heterocycles. The maximum absolute atomic E-state index is 16.1. The summed E-state index contributed by atoms with van der Waals surface area (Å²) in [6, 6.07) is 23.0. The molecule has 0 bridgehead atoms. The molecule has 5 rings (SSSR count). The Kier molecular flexibility index (Phi) is 10.0. The van der Waals surface area contributed by atoms with Crippen LogP contribution in [0.1, 0.15) is 37.5 Å². The fraction of sp³-hybridized carbons (Fsp3) is 0.265. The van der Waals surface area contributed by atoms with Crippen LogP contribution in [0.4, 0.5) is 27.8 Å². The molecule has 0 unspecified atom stereocenters. The average Bonchev–Trinajstić information content (AvgIpc) is 3.00. The number of aromatic nitrogens is 3. The van der Waals surface area contributed by atoms with E-state index in [1.807, 2.05) is 81.4 Å². The fourth-order valence-corrected chi connectivity index (χ4v) is 9.51. The number of benzene rings is 3. The Balaban J connectivity index is 1.50. The predicted molar refractivity (Wildman–Crippen MR) is 177 cm³/mol. The van der Waals surface area contributed by atoms with Crippen LogP contribution in [0.5, 0.6) is 0 Å². The number of pyridine rings is 1. The van der Waals surface area contributed by atoms with E-state index < -0.39 is 51.3 Å². The van der Waals surface area contributed by atoms with Crippen molar-refractivity contribution in [3.8, 4) is 0 Å². The standard InChI is InChI=1S/C34H31Cl2F5N4OS/c1-32(2,3)47(23-12-6-4-7-13-23,24-14-8-5-9-15-24)46-21-33(37,38)18-26-22(11-10-16-27(26)34(39,40)41)19-43-30-25-17-29(35)42-20-28(25)44-31(36)45-30/h4-17,20H,18-19,21H2,1-3H3,(H,43,44,45). The molecule has 0 aliphatic carbocycles. The number of hydrogen-bond acceptors (Lipinski definition) is 5. The summed E-state index contributed by atoms with van der Waals surface area (Å²) >= 11 is 12.1. The van der Waals surface area contributed by atoms with Gasteiger partial charge in [-0.2, -0.15) is 13.2 Å². The van der Waals surface area contributed by atoms with E-state index in [4.69, 9.17) is 27.4 Å². The second-order valence-corrected chi connectivity index (χ2v) is 16.0. The van der Waals surface area contributed by atoms with Gasteiger partial charge in [0.2, 0.25) is 5.28 Å². The molecule has 47 heavy (non-hydrogen) atoms. The van der Waals surface area contributed by atoms with Gasteiger partial charge in [-0.05, 0) is 79.9 Å². The minimum absolute atomic E-state index is 0.00286. The zero-order chi connectivity index (χ0) is 34.0. The van der Waals surface area contributed by atoms with E-state index in [1.54, 1.807) is 0 Å². The van der Waals surface area contributed by atoms with Gasteiger partial charge < -0.3 is 9.50 Å². The molecule has 0 radical (unpaired) electrons. The highest BCUT2D eigenvalue weighted by atomic mass is 35.5. The van der Waals surface area contributed by atoms with Crippen molar-refractivity contribution in [3.63, 3.8) is 0 Å². The van der Waals surface area contributed by atoms with E-state index in [9.17, 15) is 13.2 Å². The largest absolute Gasteiger partial charge is 0.416 e. The third-order valence-corrected chi connectivity index (χ3v) is 11.9. The van der Waals surface area contributed by atoms with Gasteiger partial charge in [0.05, 0.1) is 17.3 Å². The van der Waals surface area contributed by atoms with E-state index in [-0.39, 0.29) is 28.4 Å². The van der Waals surface area contributed by atoms with Crippen LogP contribution in [0, 0.1) is 0 Å². The lowest BCUT2D eigenvalue weighted by Gasteiger charge is -2.50. The van der Waals surface area contributed by atoms with E-state index in [0.717, 1.165) is 15.9 Å². The first-order valence-electron chi connectivity index (χ1n) is 14.5. The summed E-state index contributed by atoms with van der Waals surface area (Å²) < 4.78 is 80.8. The zero-order valence-electron chi connectivity index (χ0n) is 25.6. The van der Waals surface area contributed by atoms with Gasteiger partial charge in [0.1, 0.15) is 17.6 Å². The van der Waals surface area contributed by atoms with Crippen molar-refractivity contribution in [2.75, 3.05) is 11.9 Å². The maximum atomic E-state index is 16.1. The molecule has 5 aromatic rings. The molecule has 2 heterocycles. The Hall–Kier alpha value is -3.51. The Bertz CT molecular complexity index is 1820. The van der Waals surface area contributed by atoms with E-state index in [2.05, 4.69) is 20.3 Å². The van der Waals surface area contributed by atoms with Gasteiger partial charge in [0, 0.05) is 32.9 Å². The molecule has 0 atom stereocenters. The molecule has 13 heteroatoms. The molecule has 5 nitrogen and oxygen atoms in total. The van der Waals surface area contributed by atoms with E-state index in [0.29, 0.717) is 10.9 Å². The number of fused-ring (bicyclic) bond motifs is 1. The lowest BCUT2D eigenvalue weighted by Crippen LogP contribution is -2.34.